The number of nitrogens with zero attached hydrogens (tertiary/aromatic N) is 1. The number of hydrogen-bond donors (Lipinski definition) is 1. The zero-order chi connectivity index (χ0) is 10.1. The third kappa shape index (κ3) is 5.42. The summed E-state index contributed by atoms with van der Waals surface area (Å²) < 4.78 is 0. The van der Waals surface area contributed by atoms with Crippen LogP contribution in [-0.4, -0.2) is 37.0 Å². The lowest BCUT2D eigenvalue weighted by Gasteiger charge is -2.19. The van der Waals surface area contributed by atoms with E-state index in [1.54, 1.807) is 6.08 Å². The van der Waals surface area contributed by atoms with Crippen molar-refractivity contribution in [2.24, 2.45) is 0 Å². The van der Waals surface area contributed by atoms with Gasteiger partial charge >= 0.3 is 0 Å². The summed E-state index contributed by atoms with van der Waals surface area (Å²) in [5, 5.41) is 3.00. The molecule has 76 valence electrons. The smallest absolute Gasteiger partial charge is 0.236 e. The number of nitrogens with one attached hydrogen (secondary N) is 1. The molecular formula is C10H20N2O. The van der Waals surface area contributed by atoms with Crippen LogP contribution < -0.4 is 5.32 Å². The van der Waals surface area contributed by atoms with Crippen molar-refractivity contribution < 1.29 is 4.79 Å². The Morgan fingerprint density at radius 3 is 2.69 bits per heavy atom. The molecule has 0 bridgehead atoms. The predicted molar refractivity (Wildman–Crippen MR) is 55.6 cm³/mol. The second-order valence-electron chi connectivity index (χ2n) is 2.89. The summed E-state index contributed by atoms with van der Waals surface area (Å²) in [7, 11) is 0. The highest BCUT2D eigenvalue weighted by atomic mass is 16.2. The highest BCUT2D eigenvalue weighted by Gasteiger charge is 2.08. The summed E-state index contributed by atoms with van der Waals surface area (Å²) in [6.07, 6.45) is 2.77. The van der Waals surface area contributed by atoms with Crippen molar-refractivity contribution in [3.63, 3.8) is 0 Å². The molecule has 0 aliphatic rings. The van der Waals surface area contributed by atoms with Gasteiger partial charge in [-0.25, -0.2) is 0 Å². The van der Waals surface area contributed by atoms with Crippen molar-refractivity contribution in [1.82, 2.24) is 10.2 Å². The molecule has 0 atom stereocenters. The molecule has 0 aromatic rings. The van der Waals surface area contributed by atoms with Crippen LogP contribution >= 0.6 is 0 Å². The average Bonchev–Trinajstić information content (AvgIpc) is 2.14. The third-order valence-electron chi connectivity index (χ3n) is 1.79. The normalized spacial score (nSPS) is 9.69. The van der Waals surface area contributed by atoms with Crippen LogP contribution in [0.25, 0.3) is 0 Å². The van der Waals surface area contributed by atoms with Gasteiger partial charge in [-0.05, 0) is 13.3 Å². The second kappa shape index (κ2) is 7.80. The summed E-state index contributed by atoms with van der Waals surface area (Å²) in [6, 6.07) is 0. The lowest BCUT2D eigenvalue weighted by Crippen LogP contribution is -2.38. The predicted octanol–water partition coefficient (Wildman–Crippen LogP) is 1.02. The van der Waals surface area contributed by atoms with Crippen LogP contribution in [0.3, 0.4) is 0 Å². The van der Waals surface area contributed by atoms with E-state index in [2.05, 4.69) is 18.8 Å². The van der Waals surface area contributed by atoms with Crippen molar-refractivity contribution in [2.75, 3.05) is 26.2 Å². The maximum absolute atomic E-state index is 11.5. The summed E-state index contributed by atoms with van der Waals surface area (Å²) in [5.41, 5.74) is 0. The Balaban J connectivity index is 3.70. The fourth-order valence-corrected chi connectivity index (χ4v) is 1.12. The number of hydrogen-bond acceptors (Lipinski definition) is 2. The van der Waals surface area contributed by atoms with Gasteiger partial charge in [0, 0.05) is 19.6 Å². The molecule has 0 aliphatic heterocycles. The lowest BCUT2D eigenvalue weighted by molar-refractivity contribution is -0.130. The highest BCUT2D eigenvalue weighted by Crippen LogP contribution is 1.91. The first-order chi connectivity index (χ1) is 6.26. The monoisotopic (exact) mass is 184 g/mol. The summed E-state index contributed by atoms with van der Waals surface area (Å²) >= 11 is 0. The minimum Gasteiger partial charge on any atom is -0.342 e. The standard InChI is InChI=1S/C10H20N2O/c1-4-7-11-9-10(13)12(6-3)8-5-2/h4,11H,1,5-9H2,2-3H3. The van der Waals surface area contributed by atoms with E-state index in [0.29, 0.717) is 13.1 Å². The van der Waals surface area contributed by atoms with Crippen LogP contribution in [0.15, 0.2) is 12.7 Å². The fraction of sp³-hybridized carbons (Fsp3) is 0.700. The van der Waals surface area contributed by atoms with Gasteiger partial charge in [0.2, 0.25) is 5.91 Å². The summed E-state index contributed by atoms with van der Waals surface area (Å²) in [5.74, 6) is 0.172. The average molecular weight is 184 g/mol. The van der Waals surface area contributed by atoms with Gasteiger partial charge in [0.15, 0.2) is 0 Å². The Morgan fingerprint density at radius 2 is 2.23 bits per heavy atom. The summed E-state index contributed by atoms with van der Waals surface area (Å²) in [4.78, 5) is 13.3. The Hall–Kier alpha value is -0.830. The van der Waals surface area contributed by atoms with E-state index in [0.717, 1.165) is 19.5 Å². The van der Waals surface area contributed by atoms with Crippen molar-refractivity contribution in [1.29, 1.82) is 0 Å². The molecule has 0 fully saturated rings. The van der Waals surface area contributed by atoms with Crippen LogP contribution in [0, 0.1) is 0 Å². The quantitative estimate of drug-likeness (QED) is 0.473. The van der Waals surface area contributed by atoms with Crippen molar-refractivity contribution in [3.8, 4) is 0 Å². The number of amides is 1. The number of carbonyl (C=O) groups excluding carboxylic acids is 1. The van der Waals surface area contributed by atoms with Gasteiger partial charge in [-0.15, -0.1) is 6.58 Å². The third-order valence-corrected chi connectivity index (χ3v) is 1.79. The first-order valence-corrected chi connectivity index (χ1v) is 4.85. The Kier molecular flexibility index (Phi) is 7.30. The molecule has 0 rings (SSSR count). The topological polar surface area (TPSA) is 32.3 Å². The van der Waals surface area contributed by atoms with Gasteiger partial charge < -0.3 is 10.2 Å². The first-order valence-electron chi connectivity index (χ1n) is 4.85. The zero-order valence-electron chi connectivity index (χ0n) is 8.68. The first kappa shape index (κ1) is 12.2. The molecule has 0 aromatic heterocycles. The molecule has 0 saturated heterocycles. The molecule has 0 saturated carbocycles. The lowest BCUT2D eigenvalue weighted by atomic mass is 10.4. The zero-order valence-corrected chi connectivity index (χ0v) is 8.68. The molecule has 1 amide bonds. The van der Waals surface area contributed by atoms with E-state index in [1.807, 2.05) is 11.8 Å². The van der Waals surface area contributed by atoms with E-state index in [4.69, 9.17) is 0 Å². The van der Waals surface area contributed by atoms with Crippen LogP contribution in [0.5, 0.6) is 0 Å². The number of carbonyl (C=O) groups is 1. The number of likely N-dealkylation sites (N-methyl/N-ethyl adjacent to an activating group) is 1. The maximum atomic E-state index is 11.5. The Labute approximate surface area is 80.8 Å². The van der Waals surface area contributed by atoms with E-state index in [9.17, 15) is 4.79 Å². The molecule has 3 heteroatoms. The van der Waals surface area contributed by atoms with Gasteiger partial charge in [-0.1, -0.05) is 13.0 Å². The Bertz CT molecular complexity index is 157. The van der Waals surface area contributed by atoms with Crippen LogP contribution in [0.2, 0.25) is 0 Å². The molecule has 0 radical (unpaired) electrons. The van der Waals surface area contributed by atoms with Gasteiger partial charge in [-0.2, -0.15) is 0 Å². The molecule has 3 nitrogen and oxygen atoms in total. The van der Waals surface area contributed by atoms with Gasteiger partial charge in [0.25, 0.3) is 0 Å². The van der Waals surface area contributed by atoms with Crippen LogP contribution in [0.1, 0.15) is 20.3 Å². The molecule has 0 heterocycles. The molecular weight excluding hydrogens is 164 g/mol. The van der Waals surface area contributed by atoms with Crippen molar-refractivity contribution in [3.05, 3.63) is 12.7 Å². The summed E-state index contributed by atoms with van der Waals surface area (Å²) in [6.45, 7) is 10.4. The maximum Gasteiger partial charge on any atom is 0.236 e. The van der Waals surface area contributed by atoms with Gasteiger partial charge in [0.1, 0.15) is 0 Å². The minimum atomic E-state index is 0.172. The van der Waals surface area contributed by atoms with Crippen LogP contribution in [0.4, 0.5) is 0 Å². The number of rotatable bonds is 7. The molecule has 0 aromatic carbocycles. The molecule has 0 spiro atoms. The van der Waals surface area contributed by atoms with Gasteiger partial charge in [-0.3, -0.25) is 4.79 Å². The molecule has 0 unspecified atom stereocenters. The van der Waals surface area contributed by atoms with Crippen molar-refractivity contribution in [2.45, 2.75) is 20.3 Å². The SMILES string of the molecule is C=CCNCC(=O)N(CC)CCC. The van der Waals surface area contributed by atoms with Gasteiger partial charge in [0.05, 0.1) is 6.54 Å². The fourth-order valence-electron chi connectivity index (χ4n) is 1.12. The second-order valence-corrected chi connectivity index (χ2v) is 2.89. The van der Waals surface area contributed by atoms with Crippen LogP contribution in [-0.2, 0) is 4.79 Å². The minimum absolute atomic E-state index is 0.172. The molecule has 0 aliphatic carbocycles. The highest BCUT2D eigenvalue weighted by molar-refractivity contribution is 5.78. The molecule has 1 N–H and O–H groups in total. The largest absolute Gasteiger partial charge is 0.342 e. The van der Waals surface area contributed by atoms with E-state index >= 15 is 0 Å². The Morgan fingerprint density at radius 1 is 1.54 bits per heavy atom. The molecule has 13 heavy (non-hydrogen) atoms. The van der Waals surface area contributed by atoms with E-state index in [1.165, 1.54) is 0 Å². The van der Waals surface area contributed by atoms with E-state index in [-0.39, 0.29) is 5.91 Å². The van der Waals surface area contributed by atoms with E-state index < -0.39 is 0 Å². The van der Waals surface area contributed by atoms with Crippen molar-refractivity contribution >= 4 is 5.91 Å².